The molecule has 1 N–H and O–H groups in total. The van der Waals surface area contributed by atoms with Crippen molar-refractivity contribution in [2.45, 2.75) is 0 Å². The van der Waals surface area contributed by atoms with Gasteiger partial charge in [0.2, 0.25) is 5.91 Å². The lowest BCUT2D eigenvalue weighted by molar-refractivity contribution is -0.121. The number of ketones is 1. The SMILES string of the molecule is O=C(CN1C(=O)c2ccc(Br)cc2C1=O)NCC(=O)c1cccc(Cl)c1. The highest BCUT2D eigenvalue weighted by Crippen LogP contribution is 2.25. The van der Waals surface area contributed by atoms with Crippen molar-refractivity contribution < 1.29 is 19.2 Å². The summed E-state index contributed by atoms with van der Waals surface area (Å²) in [7, 11) is 0. The Kier molecular flexibility index (Phi) is 5.20. The molecule has 0 atom stereocenters. The standard InChI is InChI=1S/C18H12BrClN2O4/c19-11-4-5-13-14(7-11)18(26)22(17(13)25)9-16(24)21-8-15(23)10-2-1-3-12(20)6-10/h1-7H,8-9H2,(H,21,24). The first-order valence-electron chi connectivity index (χ1n) is 7.58. The van der Waals surface area contributed by atoms with Gasteiger partial charge in [0.25, 0.3) is 11.8 Å². The summed E-state index contributed by atoms with van der Waals surface area (Å²) in [6.07, 6.45) is 0. The molecule has 2 aromatic carbocycles. The van der Waals surface area contributed by atoms with Gasteiger partial charge in [0.15, 0.2) is 5.78 Å². The first-order chi connectivity index (χ1) is 12.4. The summed E-state index contributed by atoms with van der Waals surface area (Å²) < 4.78 is 0.663. The van der Waals surface area contributed by atoms with Gasteiger partial charge in [-0.25, -0.2) is 0 Å². The number of nitrogens with one attached hydrogen (secondary N) is 1. The number of benzene rings is 2. The Hall–Kier alpha value is -2.51. The number of Topliss-reactive ketones (excluding diaryl/α,β-unsaturated/α-hetero) is 1. The molecule has 6 nitrogen and oxygen atoms in total. The van der Waals surface area contributed by atoms with Crippen LogP contribution in [0.15, 0.2) is 46.9 Å². The number of carbonyl (C=O) groups is 4. The first kappa shape index (κ1) is 18.3. The van der Waals surface area contributed by atoms with Crippen LogP contribution in [0, 0.1) is 0 Å². The van der Waals surface area contributed by atoms with E-state index in [9.17, 15) is 19.2 Å². The number of nitrogens with zero attached hydrogens (tertiary/aromatic N) is 1. The second-order valence-electron chi connectivity index (χ2n) is 5.60. The lowest BCUT2D eigenvalue weighted by atomic mass is 10.1. The summed E-state index contributed by atoms with van der Waals surface area (Å²) in [6, 6.07) is 11.1. The lowest BCUT2D eigenvalue weighted by Gasteiger charge is -2.13. The van der Waals surface area contributed by atoms with Crippen molar-refractivity contribution in [1.82, 2.24) is 10.2 Å². The van der Waals surface area contributed by atoms with Gasteiger partial charge >= 0.3 is 0 Å². The van der Waals surface area contributed by atoms with Crippen LogP contribution in [0.5, 0.6) is 0 Å². The molecule has 0 fully saturated rings. The Morgan fingerprint density at radius 1 is 1.04 bits per heavy atom. The average Bonchev–Trinajstić information content (AvgIpc) is 2.84. The monoisotopic (exact) mass is 434 g/mol. The molecular weight excluding hydrogens is 424 g/mol. The van der Waals surface area contributed by atoms with Crippen molar-refractivity contribution >= 4 is 51.0 Å². The third-order valence-electron chi connectivity index (χ3n) is 3.83. The molecule has 132 valence electrons. The molecule has 0 aliphatic carbocycles. The summed E-state index contributed by atoms with van der Waals surface area (Å²) in [6.45, 7) is -0.708. The Morgan fingerprint density at radius 2 is 1.77 bits per heavy atom. The number of carbonyl (C=O) groups excluding carboxylic acids is 4. The van der Waals surface area contributed by atoms with E-state index in [4.69, 9.17) is 11.6 Å². The number of imide groups is 1. The quantitative estimate of drug-likeness (QED) is 0.578. The maximum Gasteiger partial charge on any atom is 0.262 e. The van der Waals surface area contributed by atoms with Crippen LogP contribution in [0.25, 0.3) is 0 Å². The molecule has 0 unspecified atom stereocenters. The number of hydrogen-bond acceptors (Lipinski definition) is 4. The lowest BCUT2D eigenvalue weighted by Crippen LogP contribution is -2.41. The Labute approximate surface area is 162 Å². The molecule has 8 heteroatoms. The van der Waals surface area contributed by atoms with Crippen LogP contribution in [0.3, 0.4) is 0 Å². The van der Waals surface area contributed by atoms with Crippen molar-refractivity contribution in [2.75, 3.05) is 13.1 Å². The second kappa shape index (κ2) is 7.39. The molecule has 3 amide bonds. The summed E-state index contributed by atoms with van der Waals surface area (Å²) in [5.74, 6) is -2.00. The fourth-order valence-electron chi connectivity index (χ4n) is 2.55. The molecule has 1 heterocycles. The molecule has 2 aromatic rings. The van der Waals surface area contributed by atoms with Gasteiger partial charge < -0.3 is 5.32 Å². The molecular formula is C18H12BrClN2O4. The molecule has 0 aromatic heterocycles. The molecule has 1 aliphatic heterocycles. The van der Waals surface area contributed by atoms with E-state index >= 15 is 0 Å². The van der Waals surface area contributed by atoms with Crippen molar-refractivity contribution in [3.05, 3.63) is 68.7 Å². The number of rotatable bonds is 5. The largest absolute Gasteiger partial charge is 0.347 e. The number of halogens is 2. The van der Waals surface area contributed by atoms with Gasteiger partial charge in [0.05, 0.1) is 17.7 Å². The van der Waals surface area contributed by atoms with Gasteiger partial charge in [-0.3, -0.25) is 24.1 Å². The van der Waals surface area contributed by atoms with E-state index in [-0.39, 0.29) is 23.5 Å². The van der Waals surface area contributed by atoms with Gasteiger partial charge in [0, 0.05) is 15.1 Å². The number of fused-ring (bicyclic) bond motifs is 1. The zero-order valence-electron chi connectivity index (χ0n) is 13.3. The maximum atomic E-state index is 12.3. The average molecular weight is 436 g/mol. The minimum atomic E-state index is -0.603. The molecule has 26 heavy (non-hydrogen) atoms. The molecule has 3 rings (SSSR count). The van der Waals surface area contributed by atoms with E-state index in [0.29, 0.717) is 15.1 Å². The summed E-state index contributed by atoms with van der Waals surface area (Å²) in [5.41, 5.74) is 0.858. The Balaban J connectivity index is 1.61. The summed E-state index contributed by atoms with van der Waals surface area (Å²) in [5, 5.41) is 2.84. The maximum absolute atomic E-state index is 12.3. The van der Waals surface area contributed by atoms with Gasteiger partial charge in [-0.15, -0.1) is 0 Å². The van der Waals surface area contributed by atoms with Gasteiger partial charge in [-0.05, 0) is 30.3 Å². The second-order valence-corrected chi connectivity index (χ2v) is 6.95. The predicted octanol–water partition coefficient (Wildman–Crippen LogP) is 2.70. The van der Waals surface area contributed by atoms with E-state index in [1.54, 1.807) is 24.3 Å². The first-order valence-corrected chi connectivity index (χ1v) is 8.75. The van der Waals surface area contributed by atoms with Crippen molar-refractivity contribution in [3.63, 3.8) is 0 Å². The zero-order chi connectivity index (χ0) is 18.8. The number of amides is 3. The highest BCUT2D eigenvalue weighted by atomic mass is 79.9. The predicted molar refractivity (Wildman–Crippen MR) is 98.3 cm³/mol. The van der Waals surface area contributed by atoms with E-state index in [1.165, 1.54) is 18.2 Å². The smallest absolute Gasteiger partial charge is 0.262 e. The van der Waals surface area contributed by atoms with E-state index in [0.717, 1.165) is 4.90 Å². The third-order valence-corrected chi connectivity index (χ3v) is 4.56. The minimum absolute atomic E-state index is 0.243. The van der Waals surface area contributed by atoms with Crippen LogP contribution in [-0.4, -0.2) is 41.5 Å². The molecule has 0 saturated carbocycles. The minimum Gasteiger partial charge on any atom is -0.347 e. The van der Waals surface area contributed by atoms with Crippen molar-refractivity contribution in [3.8, 4) is 0 Å². The van der Waals surface area contributed by atoms with Gasteiger partial charge in [-0.2, -0.15) is 0 Å². The van der Waals surface area contributed by atoms with Crippen LogP contribution in [-0.2, 0) is 4.79 Å². The van der Waals surface area contributed by atoms with Crippen LogP contribution >= 0.6 is 27.5 Å². The molecule has 1 aliphatic rings. The molecule has 0 spiro atoms. The van der Waals surface area contributed by atoms with E-state index < -0.39 is 24.3 Å². The van der Waals surface area contributed by atoms with E-state index in [2.05, 4.69) is 21.2 Å². The zero-order valence-corrected chi connectivity index (χ0v) is 15.6. The highest BCUT2D eigenvalue weighted by Gasteiger charge is 2.36. The normalized spacial score (nSPS) is 12.9. The van der Waals surface area contributed by atoms with Gasteiger partial charge in [0.1, 0.15) is 6.54 Å². The summed E-state index contributed by atoms with van der Waals surface area (Å²) >= 11 is 9.07. The summed E-state index contributed by atoms with van der Waals surface area (Å²) in [4.78, 5) is 49.6. The fraction of sp³-hybridized carbons (Fsp3) is 0.111. The molecule has 0 radical (unpaired) electrons. The van der Waals surface area contributed by atoms with Crippen molar-refractivity contribution in [1.29, 1.82) is 0 Å². The van der Waals surface area contributed by atoms with Crippen LogP contribution in [0.1, 0.15) is 31.1 Å². The fourth-order valence-corrected chi connectivity index (χ4v) is 3.10. The van der Waals surface area contributed by atoms with Crippen LogP contribution in [0.4, 0.5) is 0 Å². The molecule has 0 saturated heterocycles. The van der Waals surface area contributed by atoms with Crippen LogP contribution < -0.4 is 5.32 Å². The Morgan fingerprint density at radius 3 is 2.50 bits per heavy atom. The topological polar surface area (TPSA) is 83.6 Å². The van der Waals surface area contributed by atoms with E-state index in [1.807, 2.05) is 0 Å². The van der Waals surface area contributed by atoms with Crippen molar-refractivity contribution in [2.24, 2.45) is 0 Å². The van der Waals surface area contributed by atoms with Gasteiger partial charge in [-0.1, -0.05) is 39.7 Å². The third kappa shape index (κ3) is 3.68. The van der Waals surface area contributed by atoms with Crippen LogP contribution in [0.2, 0.25) is 5.02 Å². The Bertz CT molecular complexity index is 945. The number of hydrogen-bond donors (Lipinski definition) is 1. The highest BCUT2D eigenvalue weighted by molar-refractivity contribution is 9.10. The molecule has 0 bridgehead atoms.